The molecule has 0 spiro atoms. The Morgan fingerprint density at radius 2 is 1.03 bits per heavy atom. The SMILES string of the molecule is CC(C)OCC(COC(C)C)(Cc1ccc(C=O)cc1)Cc1ccc(C=O)cc1. The molecule has 0 radical (unpaired) electrons. The number of rotatable bonds is 12. The Labute approximate surface area is 174 Å². The molecule has 2 aromatic carbocycles. The van der Waals surface area contributed by atoms with Crippen molar-refractivity contribution in [1.82, 2.24) is 0 Å². The second-order valence-corrected chi connectivity index (χ2v) is 8.29. The van der Waals surface area contributed by atoms with Gasteiger partial charge in [-0.15, -0.1) is 0 Å². The topological polar surface area (TPSA) is 52.6 Å². The molecule has 0 N–H and O–H groups in total. The van der Waals surface area contributed by atoms with Gasteiger partial charge in [-0.2, -0.15) is 0 Å². The first-order valence-electron chi connectivity index (χ1n) is 10.2. The molecule has 4 heteroatoms. The maximum atomic E-state index is 11.0. The Bertz CT molecular complexity index is 693. The highest BCUT2D eigenvalue weighted by atomic mass is 16.5. The van der Waals surface area contributed by atoms with Gasteiger partial charge in [-0.1, -0.05) is 48.5 Å². The van der Waals surface area contributed by atoms with Gasteiger partial charge in [0.05, 0.1) is 25.4 Å². The van der Waals surface area contributed by atoms with Gasteiger partial charge in [-0.25, -0.2) is 0 Å². The summed E-state index contributed by atoms with van der Waals surface area (Å²) in [6, 6.07) is 15.4. The molecule has 0 aliphatic carbocycles. The van der Waals surface area contributed by atoms with E-state index in [9.17, 15) is 9.59 Å². The summed E-state index contributed by atoms with van der Waals surface area (Å²) in [4.78, 5) is 22.0. The lowest BCUT2D eigenvalue weighted by Crippen LogP contribution is -2.39. The fourth-order valence-electron chi connectivity index (χ4n) is 3.29. The van der Waals surface area contributed by atoms with Crippen molar-refractivity contribution in [3.8, 4) is 0 Å². The van der Waals surface area contributed by atoms with Gasteiger partial charge in [0.25, 0.3) is 0 Å². The van der Waals surface area contributed by atoms with Gasteiger partial charge in [0.1, 0.15) is 12.6 Å². The summed E-state index contributed by atoms with van der Waals surface area (Å²) in [6.45, 7) is 9.25. The number of carbonyl (C=O) groups excluding carboxylic acids is 2. The van der Waals surface area contributed by atoms with Crippen molar-refractivity contribution < 1.29 is 19.1 Å². The summed E-state index contributed by atoms with van der Waals surface area (Å²) in [5, 5.41) is 0. The van der Waals surface area contributed by atoms with E-state index in [0.29, 0.717) is 24.3 Å². The predicted molar refractivity (Wildman–Crippen MR) is 116 cm³/mol. The number of aldehydes is 2. The summed E-state index contributed by atoms with van der Waals surface area (Å²) < 4.78 is 12.2. The van der Waals surface area contributed by atoms with Crippen LogP contribution < -0.4 is 0 Å². The smallest absolute Gasteiger partial charge is 0.150 e. The van der Waals surface area contributed by atoms with Crippen molar-refractivity contribution in [2.45, 2.75) is 52.7 Å². The van der Waals surface area contributed by atoms with Gasteiger partial charge in [-0.3, -0.25) is 9.59 Å². The molecule has 0 amide bonds. The summed E-state index contributed by atoms with van der Waals surface area (Å²) in [5.74, 6) is 0. The monoisotopic (exact) mass is 396 g/mol. The van der Waals surface area contributed by atoms with Crippen molar-refractivity contribution in [1.29, 1.82) is 0 Å². The van der Waals surface area contributed by atoms with E-state index in [0.717, 1.165) is 36.5 Å². The molecular weight excluding hydrogens is 364 g/mol. The zero-order valence-electron chi connectivity index (χ0n) is 17.9. The summed E-state index contributed by atoms with van der Waals surface area (Å²) in [6.07, 6.45) is 3.47. The number of hydrogen-bond donors (Lipinski definition) is 0. The number of benzene rings is 2. The Hall–Kier alpha value is -2.30. The lowest BCUT2D eigenvalue weighted by atomic mass is 9.77. The highest BCUT2D eigenvalue weighted by Crippen LogP contribution is 2.31. The predicted octanol–water partition coefficient (Wildman–Crippen LogP) is 4.93. The number of ether oxygens (including phenoxy) is 2. The van der Waals surface area contributed by atoms with Gasteiger partial charge >= 0.3 is 0 Å². The van der Waals surface area contributed by atoms with E-state index in [1.807, 2.05) is 76.2 Å². The minimum absolute atomic E-state index is 0.114. The van der Waals surface area contributed by atoms with Crippen LogP contribution in [0.4, 0.5) is 0 Å². The third kappa shape index (κ3) is 7.56. The molecule has 156 valence electrons. The van der Waals surface area contributed by atoms with Crippen LogP contribution >= 0.6 is 0 Å². The van der Waals surface area contributed by atoms with Crippen molar-refractivity contribution >= 4 is 12.6 Å². The molecule has 29 heavy (non-hydrogen) atoms. The fraction of sp³-hybridized carbons (Fsp3) is 0.440. The molecule has 0 aliphatic rings. The van der Waals surface area contributed by atoms with Gasteiger partial charge in [-0.05, 0) is 51.7 Å². The third-order valence-corrected chi connectivity index (χ3v) is 4.84. The quantitative estimate of drug-likeness (QED) is 0.477. The molecule has 4 nitrogen and oxygen atoms in total. The molecule has 0 unspecified atom stereocenters. The first-order chi connectivity index (χ1) is 13.9. The minimum atomic E-state index is -0.264. The first kappa shape index (κ1) is 23.0. The molecule has 0 aromatic heterocycles. The van der Waals surface area contributed by atoms with Gasteiger partial charge in [0.2, 0.25) is 0 Å². The molecule has 0 saturated heterocycles. The van der Waals surface area contributed by atoms with Crippen molar-refractivity contribution in [2.75, 3.05) is 13.2 Å². The van der Waals surface area contributed by atoms with E-state index in [1.165, 1.54) is 0 Å². The Morgan fingerprint density at radius 3 is 1.31 bits per heavy atom. The van der Waals surface area contributed by atoms with Crippen molar-refractivity contribution in [2.24, 2.45) is 5.41 Å². The molecule has 0 heterocycles. The van der Waals surface area contributed by atoms with Gasteiger partial charge in [0, 0.05) is 16.5 Å². The van der Waals surface area contributed by atoms with Crippen LogP contribution in [0.5, 0.6) is 0 Å². The van der Waals surface area contributed by atoms with Crippen LogP contribution in [-0.4, -0.2) is 38.0 Å². The second-order valence-electron chi connectivity index (χ2n) is 8.29. The van der Waals surface area contributed by atoms with Gasteiger partial charge in [0.15, 0.2) is 0 Å². The second kappa shape index (κ2) is 11.0. The van der Waals surface area contributed by atoms with E-state index in [-0.39, 0.29) is 17.6 Å². The van der Waals surface area contributed by atoms with Crippen LogP contribution in [0.3, 0.4) is 0 Å². The first-order valence-corrected chi connectivity index (χ1v) is 10.2. The summed E-state index contributed by atoms with van der Waals surface area (Å²) in [7, 11) is 0. The number of hydrogen-bond acceptors (Lipinski definition) is 4. The molecule has 2 aromatic rings. The highest BCUT2D eigenvalue weighted by Gasteiger charge is 2.33. The Balaban J connectivity index is 2.34. The molecule has 2 rings (SSSR count). The van der Waals surface area contributed by atoms with Crippen LogP contribution in [0.1, 0.15) is 59.5 Å². The standard InChI is InChI=1S/C25H32O4/c1-19(2)28-17-25(18-29-20(3)4,13-21-5-9-23(15-26)10-6-21)14-22-7-11-24(16-27)12-8-22/h5-12,15-16,19-20H,13-14,17-18H2,1-4H3. The highest BCUT2D eigenvalue weighted by molar-refractivity contribution is 5.75. The van der Waals surface area contributed by atoms with Gasteiger partial charge < -0.3 is 9.47 Å². The van der Waals surface area contributed by atoms with Crippen LogP contribution in [0, 0.1) is 5.41 Å². The lowest BCUT2D eigenvalue weighted by molar-refractivity contribution is -0.0559. The molecule has 0 fully saturated rings. The molecule has 0 bridgehead atoms. The molecular formula is C25H32O4. The van der Waals surface area contributed by atoms with Crippen molar-refractivity contribution in [3.63, 3.8) is 0 Å². The molecule has 0 aliphatic heterocycles. The molecule has 0 atom stereocenters. The van der Waals surface area contributed by atoms with Crippen LogP contribution in [0.15, 0.2) is 48.5 Å². The lowest BCUT2D eigenvalue weighted by Gasteiger charge is -2.35. The van der Waals surface area contributed by atoms with Crippen molar-refractivity contribution in [3.05, 3.63) is 70.8 Å². The van der Waals surface area contributed by atoms with Crippen LogP contribution in [0.2, 0.25) is 0 Å². The van der Waals surface area contributed by atoms with E-state index in [1.54, 1.807) is 0 Å². The minimum Gasteiger partial charge on any atom is -0.378 e. The maximum absolute atomic E-state index is 11.0. The maximum Gasteiger partial charge on any atom is 0.150 e. The zero-order valence-corrected chi connectivity index (χ0v) is 17.9. The van der Waals surface area contributed by atoms with E-state index >= 15 is 0 Å². The normalized spacial score (nSPS) is 11.8. The average molecular weight is 397 g/mol. The Morgan fingerprint density at radius 1 is 0.690 bits per heavy atom. The van der Waals surface area contributed by atoms with E-state index in [4.69, 9.17) is 9.47 Å². The van der Waals surface area contributed by atoms with E-state index in [2.05, 4.69) is 0 Å². The third-order valence-electron chi connectivity index (χ3n) is 4.84. The Kier molecular flexibility index (Phi) is 8.74. The average Bonchev–Trinajstić information content (AvgIpc) is 2.72. The zero-order chi connectivity index (χ0) is 21.3. The van der Waals surface area contributed by atoms with E-state index < -0.39 is 0 Å². The summed E-state index contributed by atoms with van der Waals surface area (Å²) in [5.41, 5.74) is 3.35. The fourth-order valence-corrected chi connectivity index (χ4v) is 3.29. The molecule has 0 saturated carbocycles. The van der Waals surface area contributed by atoms with Crippen LogP contribution in [-0.2, 0) is 22.3 Å². The summed E-state index contributed by atoms with van der Waals surface area (Å²) >= 11 is 0. The van der Waals surface area contributed by atoms with Crippen LogP contribution in [0.25, 0.3) is 0 Å². The number of carbonyl (C=O) groups is 2. The largest absolute Gasteiger partial charge is 0.378 e.